The Hall–Kier alpha value is -1.70. The van der Waals surface area contributed by atoms with Crippen molar-refractivity contribution in [3.63, 3.8) is 0 Å². The Kier molecular flexibility index (Phi) is 4.03. The van der Waals surface area contributed by atoms with Crippen molar-refractivity contribution in [2.24, 2.45) is 11.3 Å². The lowest BCUT2D eigenvalue weighted by molar-refractivity contribution is -0.991. The molecule has 2 aliphatic rings. The Morgan fingerprint density at radius 1 is 1.55 bits per heavy atom. The molecule has 0 amide bonds. The number of esters is 1. The summed E-state index contributed by atoms with van der Waals surface area (Å²) in [4.78, 5) is 17.8. The van der Waals surface area contributed by atoms with Gasteiger partial charge in [-0.3, -0.25) is 4.79 Å². The minimum atomic E-state index is -0.958. The van der Waals surface area contributed by atoms with E-state index in [2.05, 4.69) is 9.88 Å². The monoisotopic (exact) mass is 307 g/mol. The number of aromatic nitrogens is 1. The Balaban J connectivity index is 1.46. The number of hydrogen-bond acceptors (Lipinski definition) is 6. The highest BCUT2D eigenvalue weighted by atomic mass is 16.8. The van der Waals surface area contributed by atoms with Gasteiger partial charge < -0.3 is 14.8 Å². The highest BCUT2D eigenvalue weighted by Gasteiger charge is 2.52. The number of carbonyl (C=O) groups excluding carboxylic acids is 1. The Morgan fingerprint density at radius 2 is 2.27 bits per heavy atom. The number of hydrogen-bond donors (Lipinski definition) is 2. The van der Waals surface area contributed by atoms with Crippen molar-refractivity contribution in [3.8, 4) is 0 Å². The molecule has 2 heterocycles. The van der Waals surface area contributed by atoms with Gasteiger partial charge in [0.05, 0.1) is 12.8 Å². The predicted molar refractivity (Wildman–Crippen MR) is 78.6 cm³/mol. The number of ether oxygens (including phenoxy) is 1. The van der Waals surface area contributed by atoms with Crippen LogP contribution in [0.15, 0.2) is 18.3 Å². The summed E-state index contributed by atoms with van der Waals surface area (Å²) in [6.07, 6.45) is 4.05. The fourth-order valence-electron chi connectivity index (χ4n) is 3.65. The largest absolute Gasteiger partial charge is 0.595 e. The molecule has 1 aromatic rings. The molecular weight excluding hydrogens is 286 g/mol. The van der Waals surface area contributed by atoms with Gasteiger partial charge in [0.1, 0.15) is 5.82 Å². The molecule has 1 saturated heterocycles. The fraction of sp³-hybridized carbons (Fsp3) is 0.600. The third-order valence-corrected chi connectivity index (χ3v) is 4.58. The van der Waals surface area contributed by atoms with Gasteiger partial charge in [0, 0.05) is 31.0 Å². The molecule has 7 nitrogen and oxygen atoms in total. The van der Waals surface area contributed by atoms with Crippen molar-refractivity contribution in [2.75, 3.05) is 24.6 Å². The van der Waals surface area contributed by atoms with Crippen LogP contribution in [0.1, 0.15) is 26.2 Å². The lowest BCUT2D eigenvalue weighted by Gasteiger charge is -2.59. The summed E-state index contributed by atoms with van der Waals surface area (Å²) in [5.41, 5.74) is 0.529. The molecule has 3 rings (SSSR count). The number of pyridine rings is 1. The molecule has 0 radical (unpaired) electrons. The van der Waals surface area contributed by atoms with E-state index in [4.69, 9.17) is 9.94 Å². The molecule has 22 heavy (non-hydrogen) atoms. The van der Waals surface area contributed by atoms with Crippen LogP contribution in [-0.4, -0.2) is 35.9 Å². The molecule has 2 fully saturated rings. The summed E-state index contributed by atoms with van der Waals surface area (Å²) in [6.45, 7) is 4.15. The van der Waals surface area contributed by atoms with Crippen molar-refractivity contribution < 1.29 is 20.0 Å². The first-order valence-corrected chi connectivity index (χ1v) is 7.61. The van der Waals surface area contributed by atoms with Crippen LogP contribution in [0.3, 0.4) is 0 Å². The smallest absolute Gasteiger partial charge is 0.306 e. The molecular formula is C15H21N3O4. The van der Waals surface area contributed by atoms with E-state index in [0.29, 0.717) is 24.4 Å². The van der Waals surface area contributed by atoms with Crippen LogP contribution in [0.25, 0.3) is 0 Å². The van der Waals surface area contributed by atoms with E-state index in [1.54, 1.807) is 12.1 Å². The summed E-state index contributed by atoms with van der Waals surface area (Å²) >= 11 is 0. The van der Waals surface area contributed by atoms with Crippen LogP contribution in [-0.2, 0) is 9.53 Å². The van der Waals surface area contributed by atoms with Crippen molar-refractivity contribution >= 4 is 17.5 Å². The second-order valence-corrected chi connectivity index (χ2v) is 6.35. The molecule has 1 aliphatic carbocycles. The summed E-state index contributed by atoms with van der Waals surface area (Å²) in [5, 5.41) is 18.7. The molecule has 1 aliphatic heterocycles. The second kappa shape index (κ2) is 5.83. The number of rotatable bonds is 5. The SMILES string of the molecule is CCOC(=O)CC1CC2(C1)CN(c1ccc([NH+]([O-])O)cn1)C2. The minimum absolute atomic E-state index is 0.0931. The Morgan fingerprint density at radius 3 is 2.82 bits per heavy atom. The molecule has 7 heteroatoms. The first-order chi connectivity index (χ1) is 10.5. The van der Waals surface area contributed by atoms with Gasteiger partial charge in [-0.05, 0) is 31.7 Å². The molecule has 2 N–H and O–H groups in total. The van der Waals surface area contributed by atoms with E-state index >= 15 is 0 Å². The zero-order valence-corrected chi connectivity index (χ0v) is 12.6. The molecule has 1 saturated carbocycles. The lowest BCUT2D eigenvalue weighted by atomic mass is 9.57. The van der Waals surface area contributed by atoms with Crippen LogP contribution in [0.5, 0.6) is 0 Å². The number of nitrogens with one attached hydrogen (secondary N) is 1. The zero-order chi connectivity index (χ0) is 15.7. The highest BCUT2D eigenvalue weighted by Crippen LogP contribution is 2.53. The van der Waals surface area contributed by atoms with Crippen LogP contribution < -0.4 is 10.1 Å². The van der Waals surface area contributed by atoms with Crippen LogP contribution in [0, 0.1) is 16.5 Å². The highest BCUT2D eigenvalue weighted by molar-refractivity contribution is 5.69. The number of quaternary nitrogens is 1. The van der Waals surface area contributed by atoms with Gasteiger partial charge in [-0.15, -0.1) is 0 Å². The fourth-order valence-corrected chi connectivity index (χ4v) is 3.65. The first-order valence-electron chi connectivity index (χ1n) is 7.61. The van der Waals surface area contributed by atoms with Gasteiger partial charge in [-0.2, -0.15) is 5.23 Å². The number of nitrogens with zero attached hydrogens (tertiary/aromatic N) is 2. The maximum atomic E-state index is 11.4. The van der Waals surface area contributed by atoms with E-state index in [-0.39, 0.29) is 11.7 Å². The molecule has 120 valence electrons. The standard InChI is InChI=1S/C15H21N3O4/c1-2-22-14(19)5-11-6-15(7-11)9-17(10-15)13-4-3-12(8-16-13)18(20)21/h3-4,8,11,18,20H,2,5-7,9-10H2,1H3. The third kappa shape index (κ3) is 2.92. The molecule has 0 aromatic carbocycles. The topological polar surface area (TPSA) is 90.2 Å². The van der Waals surface area contributed by atoms with Crippen LogP contribution in [0.2, 0.25) is 0 Å². The molecule has 1 atom stereocenters. The average molecular weight is 307 g/mol. The zero-order valence-electron chi connectivity index (χ0n) is 12.6. The average Bonchev–Trinajstić information content (AvgIpc) is 2.40. The first kappa shape index (κ1) is 15.2. The summed E-state index contributed by atoms with van der Waals surface area (Å²) in [6, 6.07) is 3.34. The van der Waals surface area contributed by atoms with Gasteiger partial charge in [-0.25, -0.2) is 10.2 Å². The second-order valence-electron chi connectivity index (χ2n) is 6.35. The van der Waals surface area contributed by atoms with Gasteiger partial charge in [-0.1, -0.05) is 0 Å². The number of carbonyl (C=O) groups is 1. The summed E-state index contributed by atoms with van der Waals surface area (Å²) in [5.74, 6) is 1.18. The molecule has 1 aromatic heterocycles. The maximum absolute atomic E-state index is 11.4. The van der Waals surface area contributed by atoms with Gasteiger partial charge >= 0.3 is 5.97 Å². The van der Waals surface area contributed by atoms with Crippen molar-refractivity contribution in [1.82, 2.24) is 4.98 Å². The molecule has 1 spiro atoms. The summed E-state index contributed by atoms with van der Waals surface area (Å²) in [7, 11) is 0. The van der Waals surface area contributed by atoms with Crippen molar-refractivity contribution in [3.05, 3.63) is 23.5 Å². The van der Waals surface area contributed by atoms with Gasteiger partial charge in [0.25, 0.3) is 0 Å². The lowest BCUT2D eigenvalue weighted by Crippen LogP contribution is -2.99. The molecule has 1 unspecified atom stereocenters. The Labute approximate surface area is 129 Å². The minimum Gasteiger partial charge on any atom is -0.595 e. The van der Waals surface area contributed by atoms with E-state index in [0.717, 1.165) is 31.7 Å². The van der Waals surface area contributed by atoms with Gasteiger partial charge in [0.2, 0.25) is 0 Å². The van der Waals surface area contributed by atoms with Crippen molar-refractivity contribution in [1.29, 1.82) is 0 Å². The van der Waals surface area contributed by atoms with Crippen molar-refractivity contribution in [2.45, 2.75) is 26.2 Å². The van der Waals surface area contributed by atoms with Gasteiger partial charge in [0.15, 0.2) is 5.69 Å². The predicted octanol–water partition coefficient (Wildman–Crippen LogP) is 0.655. The third-order valence-electron chi connectivity index (χ3n) is 4.58. The molecule has 0 bridgehead atoms. The maximum Gasteiger partial charge on any atom is 0.306 e. The van der Waals surface area contributed by atoms with E-state index in [1.807, 2.05) is 6.92 Å². The summed E-state index contributed by atoms with van der Waals surface area (Å²) < 4.78 is 4.98. The normalized spacial score (nSPS) is 21.1. The number of anilines is 1. The van der Waals surface area contributed by atoms with E-state index < -0.39 is 5.23 Å². The Bertz CT molecular complexity index is 532. The van der Waals surface area contributed by atoms with Crippen LogP contribution in [0.4, 0.5) is 11.5 Å². The van der Waals surface area contributed by atoms with Crippen LogP contribution >= 0.6 is 0 Å². The quantitative estimate of drug-likeness (QED) is 0.613. The van der Waals surface area contributed by atoms with E-state index in [1.165, 1.54) is 6.20 Å². The van der Waals surface area contributed by atoms with E-state index in [9.17, 15) is 10.0 Å².